The Morgan fingerprint density at radius 1 is 1.41 bits per heavy atom. The van der Waals surface area contributed by atoms with E-state index in [9.17, 15) is 9.59 Å². The van der Waals surface area contributed by atoms with Crippen LogP contribution in [0.3, 0.4) is 0 Å². The smallest absolute Gasteiger partial charge is 0.338 e. The number of fused-ring (bicyclic) bond motifs is 1. The van der Waals surface area contributed by atoms with Gasteiger partial charge in [0, 0.05) is 12.1 Å². The Balaban J connectivity index is 2.51. The molecule has 0 saturated heterocycles. The number of rotatable bonds is 1. The summed E-state index contributed by atoms with van der Waals surface area (Å²) in [5.74, 6) is -0.336. The molecular formula is C13H15NO3. The number of ether oxygens (including phenoxy) is 1. The van der Waals surface area contributed by atoms with Gasteiger partial charge in [-0.25, -0.2) is 4.79 Å². The fraction of sp³-hybridized carbons (Fsp3) is 0.385. The molecule has 1 aromatic rings. The first kappa shape index (κ1) is 11.6. The van der Waals surface area contributed by atoms with Crippen LogP contribution in [0.5, 0.6) is 0 Å². The fourth-order valence-electron chi connectivity index (χ4n) is 1.98. The van der Waals surface area contributed by atoms with Gasteiger partial charge in [0.2, 0.25) is 0 Å². The normalized spacial score (nSPS) is 17.0. The molecule has 0 atom stereocenters. The Labute approximate surface area is 100.0 Å². The number of esters is 1. The molecule has 1 aromatic carbocycles. The van der Waals surface area contributed by atoms with Gasteiger partial charge in [0.1, 0.15) is 0 Å². The van der Waals surface area contributed by atoms with E-state index >= 15 is 0 Å². The highest BCUT2D eigenvalue weighted by Gasteiger charge is 2.34. The fourth-order valence-corrected chi connectivity index (χ4v) is 1.98. The molecule has 1 aliphatic heterocycles. The van der Waals surface area contributed by atoms with Crippen molar-refractivity contribution in [2.75, 3.05) is 12.4 Å². The highest BCUT2D eigenvalue weighted by atomic mass is 16.5. The minimum absolute atomic E-state index is 0.0707. The van der Waals surface area contributed by atoms with Crippen molar-refractivity contribution >= 4 is 17.4 Å². The number of carbonyl (C=O) groups is 2. The number of methoxy groups -OCH3 is 1. The number of anilines is 1. The van der Waals surface area contributed by atoms with Crippen LogP contribution in [-0.4, -0.2) is 24.4 Å². The van der Waals surface area contributed by atoms with Crippen LogP contribution in [0.1, 0.15) is 29.8 Å². The summed E-state index contributed by atoms with van der Waals surface area (Å²) >= 11 is 0. The number of hydrogen-bond acceptors (Lipinski definition) is 4. The number of carbonyl (C=O) groups excluding carboxylic acids is 2. The summed E-state index contributed by atoms with van der Waals surface area (Å²) in [6, 6.07) is 5.33. The lowest BCUT2D eigenvalue weighted by Gasteiger charge is -2.32. The van der Waals surface area contributed by atoms with Crippen LogP contribution >= 0.6 is 0 Å². The molecule has 0 bridgehead atoms. The maximum absolute atomic E-state index is 11.9. The predicted molar refractivity (Wildman–Crippen MR) is 64.2 cm³/mol. The lowest BCUT2D eigenvalue weighted by molar-refractivity contribution is -0.122. The average Bonchev–Trinajstić information content (AvgIpc) is 2.28. The standard InChI is InChI=1S/C13H15NO3/c1-13(2)11(15)7-9-8(12(16)17-3)5-4-6-10(9)14-13/h4-6,14H,7H2,1-3H3. The van der Waals surface area contributed by atoms with E-state index in [1.54, 1.807) is 12.1 Å². The van der Waals surface area contributed by atoms with Gasteiger partial charge in [-0.05, 0) is 31.5 Å². The first-order valence-corrected chi connectivity index (χ1v) is 5.47. The molecule has 1 N–H and O–H groups in total. The summed E-state index contributed by atoms with van der Waals surface area (Å²) in [4.78, 5) is 23.5. The third-order valence-corrected chi connectivity index (χ3v) is 3.06. The van der Waals surface area contributed by atoms with Gasteiger partial charge in [0.15, 0.2) is 5.78 Å². The van der Waals surface area contributed by atoms with E-state index in [0.717, 1.165) is 11.3 Å². The molecule has 0 saturated carbocycles. The largest absolute Gasteiger partial charge is 0.465 e. The van der Waals surface area contributed by atoms with Crippen molar-refractivity contribution in [3.8, 4) is 0 Å². The Morgan fingerprint density at radius 3 is 2.76 bits per heavy atom. The van der Waals surface area contributed by atoms with Crippen molar-refractivity contribution in [1.29, 1.82) is 0 Å². The molecule has 90 valence electrons. The molecule has 4 heteroatoms. The van der Waals surface area contributed by atoms with Crippen LogP contribution in [0.4, 0.5) is 5.69 Å². The van der Waals surface area contributed by atoms with Gasteiger partial charge >= 0.3 is 5.97 Å². The van der Waals surface area contributed by atoms with Crippen LogP contribution in [0.15, 0.2) is 18.2 Å². The molecule has 0 amide bonds. The number of hydrogen-bond donors (Lipinski definition) is 1. The second kappa shape index (κ2) is 3.87. The van der Waals surface area contributed by atoms with Crippen LogP contribution in [0, 0.1) is 0 Å². The zero-order chi connectivity index (χ0) is 12.6. The third kappa shape index (κ3) is 1.90. The number of ketones is 1. The van der Waals surface area contributed by atoms with Gasteiger partial charge in [-0.3, -0.25) is 4.79 Å². The van der Waals surface area contributed by atoms with E-state index in [1.165, 1.54) is 7.11 Å². The van der Waals surface area contributed by atoms with Crippen LogP contribution in [0.25, 0.3) is 0 Å². The summed E-state index contributed by atoms with van der Waals surface area (Å²) in [6.07, 6.45) is 0.264. The van der Waals surface area contributed by atoms with E-state index in [4.69, 9.17) is 4.74 Å². The number of benzene rings is 1. The van der Waals surface area contributed by atoms with Crippen molar-refractivity contribution in [2.24, 2.45) is 0 Å². The van der Waals surface area contributed by atoms with Gasteiger partial charge < -0.3 is 10.1 Å². The first-order valence-electron chi connectivity index (χ1n) is 5.47. The molecule has 0 spiro atoms. The second-order valence-electron chi connectivity index (χ2n) is 4.67. The molecule has 0 aliphatic carbocycles. The van der Waals surface area contributed by atoms with Crippen LogP contribution < -0.4 is 5.32 Å². The highest BCUT2D eigenvalue weighted by Crippen LogP contribution is 2.30. The van der Waals surface area contributed by atoms with Crippen molar-refractivity contribution in [3.63, 3.8) is 0 Å². The van der Waals surface area contributed by atoms with E-state index in [0.29, 0.717) is 5.56 Å². The van der Waals surface area contributed by atoms with Crippen molar-refractivity contribution in [1.82, 2.24) is 0 Å². The molecule has 17 heavy (non-hydrogen) atoms. The monoisotopic (exact) mass is 233 g/mol. The van der Waals surface area contributed by atoms with Crippen molar-refractivity contribution in [2.45, 2.75) is 25.8 Å². The quantitative estimate of drug-likeness (QED) is 0.751. The van der Waals surface area contributed by atoms with E-state index in [2.05, 4.69) is 5.32 Å². The van der Waals surface area contributed by atoms with Gasteiger partial charge in [0.25, 0.3) is 0 Å². The summed E-state index contributed by atoms with van der Waals surface area (Å²) in [7, 11) is 1.34. The summed E-state index contributed by atoms with van der Waals surface area (Å²) in [5, 5.41) is 3.15. The number of nitrogens with one attached hydrogen (secondary N) is 1. The van der Waals surface area contributed by atoms with E-state index in [-0.39, 0.29) is 12.2 Å². The summed E-state index contributed by atoms with van der Waals surface area (Å²) in [5.41, 5.74) is 1.43. The first-order chi connectivity index (χ1) is 7.95. The van der Waals surface area contributed by atoms with Gasteiger partial charge in [-0.1, -0.05) is 6.07 Å². The molecule has 1 heterocycles. The topological polar surface area (TPSA) is 55.4 Å². The second-order valence-corrected chi connectivity index (χ2v) is 4.67. The molecule has 0 radical (unpaired) electrons. The van der Waals surface area contributed by atoms with Crippen LogP contribution in [-0.2, 0) is 16.0 Å². The lowest BCUT2D eigenvalue weighted by Crippen LogP contribution is -2.45. The van der Waals surface area contributed by atoms with Crippen molar-refractivity contribution < 1.29 is 14.3 Å². The molecule has 0 unspecified atom stereocenters. The molecular weight excluding hydrogens is 218 g/mol. The Hall–Kier alpha value is -1.84. The summed E-state index contributed by atoms with van der Waals surface area (Å²) < 4.78 is 4.71. The highest BCUT2D eigenvalue weighted by molar-refractivity contribution is 6.01. The minimum atomic E-state index is -0.582. The Kier molecular flexibility index (Phi) is 2.65. The van der Waals surface area contributed by atoms with Gasteiger partial charge in [0.05, 0.1) is 18.2 Å². The molecule has 1 aliphatic rings. The molecule has 4 nitrogen and oxygen atoms in total. The lowest BCUT2D eigenvalue weighted by atomic mass is 9.86. The maximum Gasteiger partial charge on any atom is 0.338 e. The van der Waals surface area contributed by atoms with Gasteiger partial charge in [-0.2, -0.15) is 0 Å². The predicted octanol–water partition coefficient (Wildman–Crippen LogP) is 1.79. The third-order valence-electron chi connectivity index (χ3n) is 3.06. The zero-order valence-electron chi connectivity index (χ0n) is 10.2. The van der Waals surface area contributed by atoms with Crippen LogP contribution in [0.2, 0.25) is 0 Å². The number of Topliss-reactive ketones (excluding diaryl/α,β-unsaturated/α-hetero) is 1. The average molecular weight is 233 g/mol. The SMILES string of the molecule is COC(=O)c1cccc2c1CC(=O)C(C)(C)N2. The Morgan fingerprint density at radius 2 is 2.12 bits per heavy atom. The maximum atomic E-state index is 11.9. The zero-order valence-corrected chi connectivity index (χ0v) is 10.2. The van der Waals surface area contributed by atoms with Gasteiger partial charge in [-0.15, -0.1) is 0 Å². The Bertz CT molecular complexity index is 491. The van der Waals surface area contributed by atoms with E-state index in [1.807, 2.05) is 19.9 Å². The molecule has 0 fully saturated rings. The summed E-state index contributed by atoms with van der Waals surface area (Å²) in [6.45, 7) is 3.67. The van der Waals surface area contributed by atoms with Crippen molar-refractivity contribution in [3.05, 3.63) is 29.3 Å². The van der Waals surface area contributed by atoms with E-state index < -0.39 is 11.5 Å². The molecule has 0 aromatic heterocycles. The minimum Gasteiger partial charge on any atom is -0.465 e. The molecule has 2 rings (SSSR count).